The molecule has 1 heterocycles. The molecule has 0 aliphatic carbocycles. The molecule has 27 heavy (non-hydrogen) atoms. The second-order valence-corrected chi connectivity index (χ2v) is 8.16. The summed E-state index contributed by atoms with van der Waals surface area (Å²) in [7, 11) is 7.21. The van der Waals surface area contributed by atoms with Gasteiger partial charge < -0.3 is 24.4 Å². The van der Waals surface area contributed by atoms with Crippen LogP contribution in [0.3, 0.4) is 0 Å². The highest BCUT2D eigenvalue weighted by Crippen LogP contribution is 2.33. The van der Waals surface area contributed by atoms with E-state index in [2.05, 4.69) is 35.4 Å². The van der Waals surface area contributed by atoms with Crippen LogP contribution in [0.4, 0.5) is 0 Å². The molecule has 6 nitrogen and oxygen atoms in total. The Morgan fingerprint density at radius 3 is 2.44 bits per heavy atom. The molecule has 7 heteroatoms. The molecule has 0 radical (unpaired) electrons. The third kappa shape index (κ3) is 5.45. The van der Waals surface area contributed by atoms with Gasteiger partial charge in [0.05, 0.1) is 14.2 Å². The Kier molecular flexibility index (Phi) is 8.10. The number of thioether (sulfide) groups is 1. The summed E-state index contributed by atoms with van der Waals surface area (Å²) >= 11 is 1.93. The quantitative estimate of drug-likeness (QED) is 0.566. The molecule has 0 saturated carbocycles. The molecule has 1 aliphatic rings. The highest BCUT2D eigenvalue weighted by molar-refractivity contribution is 8.00. The summed E-state index contributed by atoms with van der Waals surface area (Å²) in [6.07, 6.45) is 4.32. The number of aliphatic imine (C=N–C) groups is 1. The summed E-state index contributed by atoms with van der Waals surface area (Å²) in [5.74, 6) is 2.40. The molecule has 0 spiro atoms. The fraction of sp³-hybridized carbons (Fsp3) is 0.650. The van der Waals surface area contributed by atoms with E-state index in [0.29, 0.717) is 0 Å². The predicted octanol–water partition coefficient (Wildman–Crippen LogP) is 2.93. The summed E-state index contributed by atoms with van der Waals surface area (Å²) in [5.41, 5.74) is 2.35. The van der Waals surface area contributed by atoms with Crippen molar-refractivity contribution >= 4 is 17.7 Å². The van der Waals surface area contributed by atoms with Crippen LogP contribution in [0.1, 0.15) is 24.0 Å². The Morgan fingerprint density at radius 1 is 1.26 bits per heavy atom. The Bertz CT molecular complexity index is 646. The Morgan fingerprint density at radius 2 is 1.89 bits per heavy atom. The van der Waals surface area contributed by atoms with Gasteiger partial charge in [-0.15, -0.1) is 0 Å². The topological polar surface area (TPSA) is 55.3 Å². The van der Waals surface area contributed by atoms with Gasteiger partial charge >= 0.3 is 0 Å². The van der Waals surface area contributed by atoms with Gasteiger partial charge in [-0.2, -0.15) is 11.8 Å². The van der Waals surface area contributed by atoms with Crippen LogP contribution in [-0.2, 0) is 11.3 Å². The van der Waals surface area contributed by atoms with Crippen LogP contribution in [0.25, 0.3) is 0 Å². The van der Waals surface area contributed by atoms with Crippen molar-refractivity contribution in [3.63, 3.8) is 0 Å². The normalized spacial score (nSPS) is 16.7. The standard InChI is InChI=1S/C20H33N3O3S/c1-15-11-17(24-4)18(25-5)12-16(15)13-23(3)19(21-2)22-14-20(27-6)7-9-26-10-8-20/h11-12H,7-10,13-14H2,1-6H3,(H,21,22). The maximum absolute atomic E-state index is 5.54. The van der Waals surface area contributed by atoms with E-state index in [0.717, 1.165) is 56.6 Å². The first-order chi connectivity index (χ1) is 13.0. The minimum absolute atomic E-state index is 0.217. The van der Waals surface area contributed by atoms with Crippen molar-refractivity contribution in [2.45, 2.75) is 31.1 Å². The molecular weight excluding hydrogens is 362 g/mol. The number of guanidine groups is 1. The summed E-state index contributed by atoms with van der Waals surface area (Å²) < 4.78 is 16.6. The van der Waals surface area contributed by atoms with Gasteiger partial charge in [0.1, 0.15) is 0 Å². The highest BCUT2D eigenvalue weighted by atomic mass is 32.2. The fourth-order valence-corrected chi connectivity index (χ4v) is 4.14. The molecular formula is C20H33N3O3S. The average molecular weight is 396 g/mol. The third-order valence-electron chi connectivity index (χ3n) is 5.23. The van der Waals surface area contributed by atoms with E-state index in [-0.39, 0.29) is 4.75 Å². The number of hydrogen-bond acceptors (Lipinski definition) is 5. The average Bonchev–Trinajstić information content (AvgIpc) is 2.70. The van der Waals surface area contributed by atoms with E-state index in [1.807, 2.05) is 30.9 Å². The lowest BCUT2D eigenvalue weighted by Gasteiger charge is -2.37. The lowest BCUT2D eigenvalue weighted by atomic mass is 9.99. The van der Waals surface area contributed by atoms with Gasteiger partial charge in [-0.25, -0.2) is 0 Å². The lowest BCUT2D eigenvalue weighted by molar-refractivity contribution is 0.0781. The molecule has 1 N–H and O–H groups in total. The van der Waals surface area contributed by atoms with Gasteiger partial charge in [-0.1, -0.05) is 0 Å². The fourth-order valence-electron chi connectivity index (χ4n) is 3.34. The number of hydrogen-bond donors (Lipinski definition) is 1. The first-order valence-corrected chi connectivity index (χ1v) is 10.5. The molecule has 0 aromatic heterocycles. The predicted molar refractivity (Wildman–Crippen MR) is 113 cm³/mol. The van der Waals surface area contributed by atoms with E-state index >= 15 is 0 Å². The zero-order valence-electron chi connectivity index (χ0n) is 17.4. The van der Waals surface area contributed by atoms with Crippen molar-refractivity contribution in [1.29, 1.82) is 0 Å². The Hall–Kier alpha value is -1.60. The minimum Gasteiger partial charge on any atom is -0.493 e. The zero-order valence-corrected chi connectivity index (χ0v) is 18.2. The lowest BCUT2D eigenvalue weighted by Crippen LogP contribution is -2.48. The van der Waals surface area contributed by atoms with Gasteiger partial charge in [0.25, 0.3) is 0 Å². The molecule has 0 amide bonds. The molecule has 2 rings (SSSR count). The van der Waals surface area contributed by atoms with Crippen LogP contribution in [0, 0.1) is 6.92 Å². The molecule has 0 atom stereocenters. The van der Waals surface area contributed by atoms with E-state index < -0.39 is 0 Å². The molecule has 1 saturated heterocycles. The van der Waals surface area contributed by atoms with Crippen molar-refractivity contribution in [2.24, 2.45) is 4.99 Å². The Balaban J connectivity index is 2.06. The second kappa shape index (κ2) is 10.1. The smallest absolute Gasteiger partial charge is 0.193 e. The molecule has 0 bridgehead atoms. The number of nitrogens with one attached hydrogen (secondary N) is 1. The van der Waals surface area contributed by atoms with E-state index in [4.69, 9.17) is 14.2 Å². The van der Waals surface area contributed by atoms with Crippen LogP contribution in [0.5, 0.6) is 11.5 Å². The van der Waals surface area contributed by atoms with Crippen LogP contribution < -0.4 is 14.8 Å². The van der Waals surface area contributed by atoms with Crippen LogP contribution >= 0.6 is 11.8 Å². The van der Waals surface area contributed by atoms with Gasteiger partial charge in [-0.3, -0.25) is 4.99 Å². The van der Waals surface area contributed by atoms with Crippen LogP contribution in [0.2, 0.25) is 0 Å². The van der Waals surface area contributed by atoms with Crippen molar-refractivity contribution < 1.29 is 14.2 Å². The van der Waals surface area contributed by atoms with Gasteiger partial charge in [0.2, 0.25) is 0 Å². The monoisotopic (exact) mass is 395 g/mol. The molecule has 1 aliphatic heterocycles. The van der Waals surface area contributed by atoms with Crippen LogP contribution in [-0.4, -0.2) is 69.9 Å². The van der Waals surface area contributed by atoms with Crippen molar-refractivity contribution in [3.8, 4) is 11.5 Å². The van der Waals surface area contributed by atoms with Crippen molar-refractivity contribution in [2.75, 3.05) is 54.3 Å². The minimum atomic E-state index is 0.217. The summed E-state index contributed by atoms with van der Waals surface area (Å²) in [4.78, 5) is 6.62. The Labute approximate surface area is 167 Å². The molecule has 0 unspecified atom stereocenters. The summed E-state index contributed by atoms with van der Waals surface area (Å²) in [5, 5.41) is 3.57. The third-order valence-corrected chi connectivity index (χ3v) is 6.65. The van der Waals surface area contributed by atoms with E-state index in [1.165, 1.54) is 11.1 Å². The van der Waals surface area contributed by atoms with Gasteiger partial charge in [-0.05, 0) is 49.3 Å². The van der Waals surface area contributed by atoms with Gasteiger partial charge in [0, 0.05) is 45.1 Å². The summed E-state index contributed by atoms with van der Waals surface area (Å²) in [6.45, 7) is 5.39. The van der Waals surface area contributed by atoms with Crippen molar-refractivity contribution in [3.05, 3.63) is 23.3 Å². The largest absolute Gasteiger partial charge is 0.493 e. The first kappa shape index (κ1) is 21.7. The number of aryl methyl sites for hydroxylation is 1. The maximum atomic E-state index is 5.54. The highest BCUT2D eigenvalue weighted by Gasteiger charge is 2.32. The number of ether oxygens (including phenoxy) is 3. The molecule has 1 fully saturated rings. The van der Waals surface area contributed by atoms with Crippen molar-refractivity contribution in [1.82, 2.24) is 10.2 Å². The molecule has 1 aromatic carbocycles. The zero-order chi connectivity index (χ0) is 19.9. The van der Waals surface area contributed by atoms with Crippen LogP contribution in [0.15, 0.2) is 17.1 Å². The number of methoxy groups -OCH3 is 2. The SMILES string of the molecule is CN=C(NCC1(SC)CCOCC1)N(C)Cc1cc(OC)c(OC)cc1C. The second-order valence-electron chi connectivity index (χ2n) is 6.89. The van der Waals surface area contributed by atoms with Gasteiger partial charge in [0.15, 0.2) is 17.5 Å². The number of nitrogens with zero attached hydrogens (tertiary/aromatic N) is 2. The van der Waals surface area contributed by atoms with E-state index in [9.17, 15) is 0 Å². The molecule has 1 aromatic rings. The molecule has 152 valence electrons. The number of benzene rings is 1. The number of rotatable bonds is 7. The first-order valence-electron chi connectivity index (χ1n) is 9.24. The summed E-state index contributed by atoms with van der Waals surface area (Å²) in [6, 6.07) is 4.06. The maximum Gasteiger partial charge on any atom is 0.193 e. The van der Waals surface area contributed by atoms with E-state index in [1.54, 1.807) is 14.2 Å².